The molecule has 0 saturated carbocycles. The Morgan fingerprint density at radius 3 is 2.47 bits per heavy atom. The number of carbonyl (C=O) groups excluding carboxylic acids is 1. The molecule has 1 amide bonds. The molecule has 30 heavy (non-hydrogen) atoms. The van der Waals surface area contributed by atoms with Gasteiger partial charge in [0.2, 0.25) is 5.82 Å². The highest BCUT2D eigenvalue weighted by Crippen LogP contribution is 2.23. The number of ether oxygens (including phenoxy) is 1. The Labute approximate surface area is 175 Å². The van der Waals surface area contributed by atoms with Crippen molar-refractivity contribution in [3.8, 4) is 22.8 Å². The lowest BCUT2D eigenvalue weighted by Crippen LogP contribution is -2.14. The summed E-state index contributed by atoms with van der Waals surface area (Å²) in [7, 11) is 0. The smallest absolute Gasteiger partial charge is 0.295 e. The molecular weight excluding hydrogens is 376 g/mol. The number of nitrogens with zero attached hydrogens (tertiary/aromatic N) is 3. The Morgan fingerprint density at radius 2 is 1.77 bits per heavy atom. The van der Waals surface area contributed by atoms with Gasteiger partial charge in [0.05, 0.1) is 12.3 Å². The van der Waals surface area contributed by atoms with E-state index in [2.05, 4.69) is 15.4 Å². The predicted octanol–water partition coefficient (Wildman–Crippen LogP) is 4.89. The summed E-state index contributed by atoms with van der Waals surface area (Å²) < 4.78 is 7.20. The van der Waals surface area contributed by atoms with Crippen molar-refractivity contribution in [1.29, 1.82) is 0 Å². The molecule has 1 heterocycles. The summed E-state index contributed by atoms with van der Waals surface area (Å²) in [6, 6.07) is 24.8. The number of hydrogen-bond donors (Lipinski definition) is 1. The highest BCUT2D eigenvalue weighted by molar-refractivity contribution is 6.01. The normalized spacial score (nSPS) is 10.6. The first-order valence-corrected chi connectivity index (χ1v) is 9.78. The largest absolute Gasteiger partial charge is 0.494 e. The Hall–Kier alpha value is -3.93. The van der Waals surface area contributed by atoms with Gasteiger partial charge in [-0.3, -0.25) is 4.79 Å². The van der Waals surface area contributed by atoms with Crippen molar-refractivity contribution in [3.05, 3.63) is 90.3 Å². The number of rotatable bonds is 6. The van der Waals surface area contributed by atoms with Crippen LogP contribution in [-0.4, -0.2) is 27.3 Å². The zero-order valence-electron chi connectivity index (χ0n) is 16.9. The first-order chi connectivity index (χ1) is 14.6. The summed E-state index contributed by atoms with van der Waals surface area (Å²) in [5.74, 6) is 1.11. The minimum Gasteiger partial charge on any atom is -0.494 e. The van der Waals surface area contributed by atoms with Crippen LogP contribution >= 0.6 is 0 Å². The van der Waals surface area contributed by atoms with Gasteiger partial charge in [-0.15, -0.1) is 5.10 Å². The molecule has 6 nitrogen and oxygen atoms in total. The molecule has 0 aliphatic rings. The van der Waals surface area contributed by atoms with Crippen LogP contribution < -0.4 is 10.1 Å². The molecule has 0 fully saturated rings. The number of aryl methyl sites for hydroxylation is 1. The first-order valence-electron chi connectivity index (χ1n) is 9.78. The summed E-state index contributed by atoms with van der Waals surface area (Å²) in [6.45, 7) is 4.52. The molecule has 0 saturated heterocycles. The maximum atomic E-state index is 12.8. The molecule has 0 spiro atoms. The van der Waals surface area contributed by atoms with E-state index in [0.717, 1.165) is 22.6 Å². The molecule has 1 N–H and O–H groups in total. The minimum absolute atomic E-state index is 0.101. The predicted molar refractivity (Wildman–Crippen MR) is 117 cm³/mol. The number of aromatic nitrogens is 3. The van der Waals surface area contributed by atoms with Gasteiger partial charge < -0.3 is 10.1 Å². The minimum atomic E-state index is -0.359. The third-order valence-electron chi connectivity index (χ3n) is 4.51. The molecule has 0 radical (unpaired) electrons. The number of anilines is 1. The quantitative estimate of drug-likeness (QED) is 0.502. The Kier molecular flexibility index (Phi) is 5.57. The van der Waals surface area contributed by atoms with E-state index in [1.807, 2.05) is 92.7 Å². The fraction of sp³-hybridized carbons (Fsp3) is 0.125. The maximum absolute atomic E-state index is 12.8. The van der Waals surface area contributed by atoms with E-state index in [1.54, 1.807) is 4.68 Å². The van der Waals surface area contributed by atoms with Crippen molar-refractivity contribution in [2.45, 2.75) is 13.8 Å². The molecular formula is C24H22N4O2. The second-order valence-electron chi connectivity index (χ2n) is 6.79. The van der Waals surface area contributed by atoms with Crippen LogP contribution in [0.25, 0.3) is 17.1 Å². The molecule has 0 bridgehead atoms. The van der Waals surface area contributed by atoms with Crippen LogP contribution in [0.15, 0.2) is 78.9 Å². The van der Waals surface area contributed by atoms with E-state index in [1.165, 1.54) is 0 Å². The standard InChI is InChI=1S/C24H22N4O2/c1-3-30-21-14-12-20(13-15-21)28-23(18-9-5-4-6-10-18)26-22(27-28)24(29)25-19-11-7-8-17(2)16-19/h4-16H,3H2,1-2H3,(H,25,29). The van der Waals surface area contributed by atoms with E-state index < -0.39 is 0 Å². The van der Waals surface area contributed by atoms with Gasteiger partial charge in [0.15, 0.2) is 5.82 Å². The fourth-order valence-corrected chi connectivity index (χ4v) is 3.12. The van der Waals surface area contributed by atoms with E-state index >= 15 is 0 Å². The number of benzene rings is 3. The van der Waals surface area contributed by atoms with Crippen molar-refractivity contribution < 1.29 is 9.53 Å². The van der Waals surface area contributed by atoms with Gasteiger partial charge in [-0.1, -0.05) is 42.5 Å². The lowest BCUT2D eigenvalue weighted by atomic mass is 10.2. The van der Waals surface area contributed by atoms with Crippen LogP contribution in [0, 0.1) is 6.92 Å². The van der Waals surface area contributed by atoms with Crippen LogP contribution in [0.3, 0.4) is 0 Å². The second kappa shape index (κ2) is 8.61. The number of carbonyl (C=O) groups is 1. The fourth-order valence-electron chi connectivity index (χ4n) is 3.12. The van der Waals surface area contributed by atoms with Crippen molar-refractivity contribution in [3.63, 3.8) is 0 Å². The molecule has 4 aromatic rings. The van der Waals surface area contributed by atoms with E-state index in [4.69, 9.17) is 4.74 Å². The monoisotopic (exact) mass is 398 g/mol. The average molecular weight is 398 g/mol. The third-order valence-corrected chi connectivity index (χ3v) is 4.51. The van der Waals surface area contributed by atoms with Crippen LogP contribution in [-0.2, 0) is 0 Å². The summed E-state index contributed by atoms with van der Waals surface area (Å²) >= 11 is 0. The lowest BCUT2D eigenvalue weighted by Gasteiger charge is -2.07. The van der Waals surface area contributed by atoms with Gasteiger partial charge in [0, 0.05) is 11.3 Å². The Morgan fingerprint density at radius 1 is 1.00 bits per heavy atom. The van der Waals surface area contributed by atoms with Crippen LogP contribution in [0.2, 0.25) is 0 Å². The Bertz CT molecular complexity index is 1150. The molecule has 0 aliphatic heterocycles. The summed E-state index contributed by atoms with van der Waals surface area (Å²) in [5.41, 5.74) is 3.43. The van der Waals surface area contributed by atoms with E-state index in [-0.39, 0.29) is 11.7 Å². The van der Waals surface area contributed by atoms with Crippen LogP contribution in [0.4, 0.5) is 5.69 Å². The zero-order valence-corrected chi connectivity index (χ0v) is 16.9. The molecule has 3 aromatic carbocycles. The summed E-state index contributed by atoms with van der Waals surface area (Å²) in [4.78, 5) is 17.4. The maximum Gasteiger partial charge on any atom is 0.295 e. The van der Waals surface area contributed by atoms with Gasteiger partial charge in [-0.2, -0.15) is 0 Å². The first kappa shape index (κ1) is 19.4. The molecule has 4 rings (SSSR count). The van der Waals surface area contributed by atoms with E-state index in [9.17, 15) is 4.79 Å². The van der Waals surface area contributed by atoms with Crippen LogP contribution in [0.5, 0.6) is 5.75 Å². The van der Waals surface area contributed by atoms with Crippen molar-refractivity contribution in [1.82, 2.24) is 14.8 Å². The highest BCUT2D eigenvalue weighted by Gasteiger charge is 2.19. The van der Waals surface area contributed by atoms with Gasteiger partial charge in [-0.25, -0.2) is 9.67 Å². The van der Waals surface area contributed by atoms with Crippen molar-refractivity contribution in [2.24, 2.45) is 0 Å². The molecule has 150 valence electrons. The van der Waals surface area contributed by atoms with Gasteiger partial charge >= 0.3 is 0 Å². The molecule has 0 unspecified atom stereocenters. The van der Waals surface area contributed by atoms with Gasteiger partial charge in [-0.05, 0) is 55.8 Å². The number of amides is 1. The highest BCUT2D eigenvalue weighted by atomic mass is 16.5. The second-order valence-corrected chi connectivity index (χ2v) is 6.79. The van der Waals surface area contributed by atoms with Gasteiger partial charge in [0.1, 0.15) is 5.75 Å². The van der Waals surface area contributed by atoms with Crippen molar-refractivity contribution in [2.75, 3.05) is 11.9 Å². The van der Waals surface area contributed by atoms with Crippen molar-refractivity contribution >= 4 is 11.6 Å². The molecule has 1 aromatic heterocycles. The van der Waals surface area contributed by atoms with Crippen LogP contribution in [0.1, 0.15) is 23.1 Å². The SMILES string of the molecule is CCOc1ccc(-n2nc(C(=O)Nc3cccc(C)c3)nc2-c2ccccc2)cc1. The zero-order chi connectivity index (χ0) is 20.9. The molecule has 0 aliphatic carbocycles. The lowest BCUT2D eigenvalue weighted by molar-refractivity contribution is 0.101. The van der Waals surface area contributed by atoms with E-state index in [0.29, 0.717) is 18.1 Å². The number of nitrogens with one attached hydrogen (secondary N) is 1. The summed E-state index contributed by atoms with van der Waals surface area (Å²) in [5, 5.41) is 7.37. The number of hydrogen-bond acceptors (Lipinski definition) is 4. The molecule has 6 heteroatoms. The topological polar surface area (TPSA) is 69.0 Å². The molecule has 0 atom stereocenters. The summed E-state index contributed by atoms with van der Waals surface area (Å²) in [6.07, 6.45) is 0. The Balaban J connectivity index is 1.71. The average Bonchev–Trinajstić information content (AvgIpc) is 3.21. The third kappa shape index (κ3) is 4.22. The van der Waals surface area contributed by atoms with Gasteiger partial charge in [0.25, 0.3) is 5.91 Å².